The van der Waals surface area contributed by atoms with Crippen LogP contribution in [0.1, 0.15) is 43.1 Å². The molecule has 4 aromatic rings. The van der Waals surface area contributed by atoms with Crippen LogP contribution in [0.4, 0.5) is 15.8 Å². The number of fused-ring (bicyclic) bond motifs is 2. The van der Waals surface area contributed by atoms with Crippen molar-refractivity contribution in [3.63, 3.8) is 0 Å². The maximum absolute atomic E-state index is 14.8. The van der Waals surface area contributed by atoms with E-state index in [4.69, 9.17) is 4.74 Å². The Morgan fingerprint density at radius 1 is 1.17 bits per heavy atom. The van der Waals surface area contributed by atoms with Gasteiger partial charge in [0.25, 0.3) is 5.91 Å². The lowest BCUT2D eigenvalue weighted by molar-refractivity contribution is 0.102. The molecule has 0 spiro atoms. The molecule has 9 nitrogen and oxygen atoms in total. The van der Waals surface area contributed by atoms with E-state index in [2.05, 4.69) is 44.4 Å². The van der Waals surface area contributed by atoms with Gasteiger partial charge in [0.15, 0.2) is 5.82 Å². The number of ether oxygens (including phenoxy) is 1. The van der Waals surface area contributed by atoms with E-state index in [0.29, 0.717) is 45.8 Å². The van der Waals surface area contributed by atoms with Crippen molar-refractivity contribution in [1.82, 2.24) is 25.1 Å². The van der Waals surface area contributed by atoms with Crippen LogP contribution in [0, 0.1) is 5.82 Å². The van der Waals surface area contributed by atoms with Crippen molar-refractivity contribution >= 4 is 39.1 Å². The number of hydrogen-bond donors (Lipinski definition) is 2. The van der Waals surface area contributed by atoms with Gasteiger partial charge in [-0.15, -0.1) is 0 Å². The molecule has 2 N–H and O–H groups in total. The summed E-state index contributed by atoms with van der Waals surface area (Å²) in [4.78, 5) is 24.5. The van der Waals surface area contributed by atoms with Gasteiger partial charge in [-0.05, 0) is 51.0 Å². The molecule has 1 amide bonds. The number of piperazine rings is 1. The maximum Gasteiger partial charge on any atom is 0.316 e. The molecule has 2 atom stereocenters. The molecule has 6 rings (SSSR count). The summed E-state index contributed by atoms with van der Waals surface area (Å²) in [6.45, 7) is 5.95. The minimum atomic E-state index is -0.464. The first-order chi connectivity index (χ1) is 17.4. The fraction of sp³-hybridized carbons (Fsp3) is 0.385. The van der Waals surface area contributed by atoms with Gasteiger partial charge in [0, 0.05) is 59.7 Å². The minimum Gasteiger partial charge on any atom is -0.467 e. The lowest BCUT2D eigenvalue weighted by atomic mass is 10.0. The van der Waals surface area contributed by atoms with Crippen LogP contribution < -0.4 is 20.3 Å². The second-order valence-corrected chi connectivity index (χ2v) is 9.82. The number of aromatic nitrogens is 4. The van der Waals surface area contributed by atoms with Crippen LogP contribution in [0.5, 0.6) is 6.01 Å². The zero-order valence-corrected chi connectivity index (χ0v) is 20.5. The second-order valence-electron chi connectivity index (χ2n) is 9.82. The summed E-state index contributed by atoms with van der Waals surface area (Å²) in [5.41, 5.74) is 2.48. The molecule has 0 radical (unpaired) electrons. The standard InChI is InChI=1S/C26H28FN7O2/c1-14-11-33(12-15(2)29-14)22-7-6-19(24-20(22)10-28-26(31-24)36-3)25(35)30-17-8-16-13-34(18-4-5-18)32-23(16)21(27)9-17/h6-10,13-15,18,29H,4-5,11-12H2,1-3H3,(H,30,35)/t14-,15+. The Kier molecular flexibility index (Phi) is 5.48. The van der Waals surface area contributed by atoms with E-state index >= 15 is 0 Å². The van der Waals surface area contributed by atoms with Crippen molar-refractivity contribution < 1.29 is 13.9 Å². The smallest absolute Gasteiger partial charge is 0.316 e. The highest BCUT2D eigenvalue weighted by Gasteiger charge is 2.26. The third-order valence-electron chi connectivity index (χ3n) is 6.79. The average Bonchev–Trinajstić information content (AvgIpc) is 3.61. The van der Waals surface area contributed by atoms with Crippen LogP contribution >= 0.6 is 0 Å². The van der Waals surface area contributed by atoms with E-state index in [1.807, 2.05) is 16.9 Å². The van der Waals surface area contributed by atoms with Gasteiger partial charge >= 0.3 is 6.01 Å². The Morgan fingerprint density at radius 2 is 1.94 bits per heavy atom. The maximum atomic E-state index is 14.8. The number of amides is 1. The summed E-state index contributed by atoms with van der Waals surface area (Å²) in [5, 5.41) is 12.2. The van der Waals surface area contributed by atoms with Crippen molar-refractivity contribution in [2.45, 2.75) is 44.8 Å². The zero-order valence-electron chi connectivity index (χ0n) is 20.5. The molecule has 1 saturated carbocycles. The number of nitrogens with one attached hydrogen (secondary N) is 2. The molecule has 1 aliphatic carbocycles. The third-order valence-corrected chi connectivity index (χ3v) is 6.79. The van der Waals surface area contributed by atoms with E-state index in [0.717, 1.165) is 37.0 Å². The highest BCUT2D eigenvalue weighted by atomic mass is 19.1. The minimum absolute atomic E-state index is 0.177. The summed E-state index contributed by atoms with van der Waals surface area (Å²) in [7, 11) is 1.49. The molecule has 186 valence electrons. The quantitative estimate of drug-likeness (QED) is 0.439. The Bertz CT molecular complexity index is 1470. The number of anilines is 2. The molecule has 36 heavy (non-hydrogen) atoms. The van der Waals surface area contributed by atoms with Gasteiger partial charge < -0.3 is 20.3 Å². The summed E-state index contributed by atoms with van der Waals surface area (Å²) >= 11 is 0. The van der Waals surface area contributed by atoms with Crippen molar-refractivity contribution in [2.24, 2.45) is 0 Å². The van der Waals surface area contributed by atoms with Gasteiger partial charge in [-0.25, -0.2) is 9.37 Å². The normalized spacial score (nSPS) is 20.2. The predicted molar refractivity (Wildman–Crippen MR) is 136 cm³/mol. The van der Waals surface area contributed by atoms with E-state index in [1.54, 1.807) is 18.3 Å². The molecule has 1 saturated heterocycles. The van der Waals surface area contributed by atoms with Crippen LogP contribution in [0.3, 0.4) is 0 Å². The molecule has 0 unspecified atom stereocenters. The molecule has 1 aliphatic heterocycles. The number of rotatable bonds is 5. The lowest BCUT2D eigenvalue weighted by Crippen LogP contribution is -2.54. The summed E-state index contributed by atoms with van der Waals surface area (Å²) in [6.07, 6.45) is 5.64. The molecule has 2 aromatic carbocycles. The van der Waals surface area contributed by atoms with E-state index < -0.39 is 5.82 Å². The second kappa shape index (κ2) is 8.70. The van der Waals surface area contributed by atoms with Crippen molar-refractivity contribution in [3.8, 4) is 6.01 Å². The average molecular weight is 490 g/mol. The molecular weight excluding hydrogens is 461 g/mol. The van der Waals surface area contributed by atoms with Crippen LogP contribution in [0.15, 0.2) is 36.7 Å². The molecule has 2 fully saturated rings. The first kappa shape index (κ1) is 22.7. The Hall–Kier alpha value is -3.79. The number of hydrogen-bond acceptors (Lipinski definition) is 7. The van der Waals surface area contributed by atoms with Gasteiger partial charge in [-0.3, -0.25) is 9.48 Å². The Morgan fingerprint density at radius 3 is 2.67 bits per heavy atom. The fourth-order valence-electron chi connectivity index (χ4n) is 5.08. The topological polar surface area (TPSA) is 97.2 Å². The number of carbonyl (C=O) groups excluding carboxylic acids is 1. The van der Waals surface area contributed by atoms with Crippen LogP contribution in [-0.2, 0) is 0 Å². The van der Waals surface area contributed by atoms with Crippen molar-refractivity contribution in [2.75, 3.05) is 30.4 Å². The number of carbonyl (C=O) groups is 1. The van der Waals surface area contributed by atoms with E-state index in [-0.39, 0.29) is 11.9 Å². The van der Waals surface area contributed by atoms with Crippen LogP contribution in [-0.4, -0.2) is 57.9 Å². The van der Waals surface area contributed by atoms with Gasteiger partial charge in [0.2, 0.25) is 0 Å². The SMILES string of the molecule is COc1ncc2c(N3C[C@@H](C)N[C@@H](C)C3)ccc(C(=O)Nc3cc(F)c4nn(C5CC5)cc4c3)c2n1. The fourth-order valence-corrected chi connectivity index (χ4v) is 5.08. The zero-order chi connectivity index (χ0) is 25.0. The van der Waals surface area contributed by atoms with Gasteiger partial charge in [-0.1, -0.05) is 0 Å². The lowest BCUT2D eigenvalue weighted by Gasteiger charge is -2.38. The summed E-state index contributed by atoms with van der Waals surface area (Å²) in [5.74, 6) is -0.851. The first-order valence-electron chi connectivity index (χ1n) is 12.2. The first-order valence-corrected chi connectivity index (χ1v) is 12.2. The molecular formula is C26H28FN7O2. The largest absolute Gasteiger partial charge is 0.467 e. The van der Waals surface area contributed by atoms with E-state index in [9.17, 15) is 9.18 Å². The van der Waals surface area contributed by atoms with Crippen LogP contribution in [0.25, 0.3) is 21.8 Å². The molecule has 2 aliphatic rings. The Labute approximate surface area is 207 Å². The predicted octanol–water partition coefficient (Wildman–Crippen LogP) is 3.90. The molecule has 3 heterocycles. The highest BCUT2D eigenvalue weighted by molar-refractivity contribution is 6.14. The van der Waals surface area contributed by atoms with Gasteiger partial charge in [0.05, 0.1) is 24.2 Å². The van der Waals surface area contributed by atoms with Gasteiger partial charge in [0.1, 0.15) is 5.52 Å². The summed E-state index contributed by atoms with van der Waals surface area (Å²) in [6, 6.07) is 7.91. The number of halogens is 1. The summed E-state index contributed by atoms with van der Waals surface area (Å²) < 4.78 is 21.9. The molecule has 10 heteroatoms. The monoisotopic (exact) mass is 489 g/mol. The number of benzene rings is 2. The van der Waals surface area contributed by atoms with Crippen molar-refractivity contribution in [1.29, 1.82) is 0 Å². The van der Waals surface area contributed by atoms with Crippen molar-refractivity contribution in [3.05, 3.63) is 48.0 Å². The number of nitrogens with zero attached hydrogens (tertiary/aromatic N) is 5. The third kappa shape index (κ3) is 4.11. The highest BCUT2D eigenvalue weighted by Crippen LogP contribution is 2.36. The van der Waals surface area contributed by atoms with Gasteiger partial charge in [-0.2, -0.15) is 10.1 Å². The molecule has 2 aromatic heterocycles. The van der Waals surface area contributed by atoms with Crippen LogP contribution in [0.2, 0.25) is 0 Å². The van der Waals surface area contributed by atoms with E-state index in [1.165, 1.54) is 13.2 Å². The Balaban J connectivity index is 1.36. The number of methoxy groups -OCH3 is 1. The molecule has 0 bridgehead atoms.